The van der Waals surface area contributed by atoms with Crippen molar-refractivity contribution in [1.29, 1.82) is 0 Å². The van der Waals surface area contributed by atoms with Crippen LogP contribution in [-0.4, -0.2) is 23.9 Å². The van der Waals surface area contributed by atoms with Crippen LogP contribution in [-0.2, 0) is 11.3 Å². The zero-order valence-electron chi connectivity index (χ0n) is 8.39. The Hall–Kier alpha value is -0.900. The molecule has 2 atom stereocenters. The number of rotatable bonds is 5. The predicted octanol–water partition coefficient (Wildman–Crippen LogP) is 0.911. The predicted molar refractivity (Wildman–Crippen MR) is 55.8 cm³/mol. The highest BCUT2D eigenvalue weighted by Crippen LogP contribution is 2.04. The number of aliphatic hydroxyl groups excluding tert-OH is 1. The minimum absolute atomic E-state index is 0.0457. The van der Waals surface area contributed by atoms with Gasteiger partial charge in [0.2, 0.25) is 0 Å². The Kier molecular flexibility index (Phi) is 4.59. The van der Waals surface area contributed by atoms with Crippen molar-refractivity contribution < 1.29 is 9.84 Å². The van der Waals surface area contributed by atoms with Crippen molar-refractivity contribution in [1.82, 2.24) is 0 Å². The Morgan fingerprint density at radius 3 is 2.57 bits per heavy atom. The number of hydrogen-bond acceptors (Lipinski definition) is 3. The highest BCUT2D eigenvalue weighted by molar-refractivity contribution is 5.13. The van der Waals surface area contributed by atoms with E-state index in [0.29, 0.717) is 6.61 Å². The Balaban J connectivity index is 2.34. The van der Waals surface area contributed by atoms with Gasteiger partial charge in [-0.05, 0) is 12.5 Å². The first-order valence-electron chi connectivity index (χ1n) is 4.76. The maximum atomic E-state index is 8.80. The number of hydrogen-bond donors (Lipinski definition) is 2. The van der Waals surface area contributed by atoms with Crippen molar-refractivity contribution in [3.8, 4) is 0 Å². The summed E-state index contributed by atoms with van der Waals surface area (Å²) in [5.41, 5.74) is 6.72. The summed E-state index contributed by atoms with van der Waals surface area (Å²) in [5.74, 6) is 0. The molecule has 3 heteroatoms. The molecule has 0 radical (unpaired) electrons. The molecule has 3 nitrogen and oxygen atoms in total. The van der Waals surface area contributed by atoms with Crippen molar-refractivity contribution in [2.24, 2.45) is 5.73 Å². The second-order valence-electron chi connectivity index (χ2n) is 3.35. The van der Waals surface area contributed by atoms with E-state index >= 15 is 0 Å². The third-order valence-electron chi connectivity index (χ3n) is 2.17. The molecule has 0 heterocycles. The summed E-state index contributed by atoms with van der Waals surface area (Å²) >= 11 is 0. The fourth-order valence-corrected chi connectivity index (χ4v) is 1.07. The molecule has 0 fully saturated rings. The van der Waals surface area contributed by atoms with Gasteiger partial charge in [0.25, 0.3) is 0 Å². The number of benzene rings is 1. The number of aliphatic hydroxyl groups is 1. The zero-order valence-corrected chi connectivity index (χ0v) is 8.39. The molecule has 0 amide bonds. The van der Waals surface area contributed by atoms with Gasteiger partial charge < -0.3 is 15.6 Å². The van der Waals surface area contributed by atoms with E-state index in [1.165, 1.54) is 0 Å². The average Bonchev–Trinajstić information content (AvgIpc) is 2.26. The van der Waals surface area contributed by atoms with Gasteiger partial charge in [0, 0.05) is 0 Å². The van der Waals surface area contributed by atoms with E-state index in [4.69, 9.17) is 15.6 Å². The Labute approximate surface area is 84.5 Å². The number of nitrogens with two attached hydrogens (primary N) is 1. The first-order chi connectivity index (χ1) is 6.74. The maximum Gasteiger partial charge on any atom is 0.0724 e. The molecule has 78 valence electrons. The lowest BCUT2D eigenvalue weighted by Gasteiger charge is -2.18. The van der Waals surface area contributed by atoms with Crippen molar-refractivity contribution in [3.05, 3.63) is 35.9 Å². The van der Waals surface area contributed by atoms with E-state index in [0.717, 1.165) is 5.56 Å². The summed E-state index contributed by atoms with van der Waals surface area (Å²) in [4.78, 5) is 0. The molecule has 14 heavy (non-hydrogen) atoms. The molecule has 0 aromatic heterocycles. The Bertz CT molecular complexity index is 251. The molecular weight excluding hydrogens is 178 g/mol. The fourth-order valence-electron chi connectivity index (χ4n) is 1.07. The van der Waals surface area contributed by atoms with E-state index in [1.54, 1.807) is 0 Å². The van der Waals surface area contributed by atoms with Gasteiger partial charge in [-0.25, -0.2) is 0 Å². The van der Waals surface area contributed by atoms with Crippen LogP contribution in [0.4, 0.5) is 0 Å². The van der Waals surface area contributed by atoms with Crippen LogP contribution in [0, 0.1) is 0 Å². The smallest absolute Gasteiger partial charge is 0.0724 e. The van der Waals surface area contributed by atoms with Crippen LogP contribution in [0.2, 0.25) is 0 Å². The van der Waals surface area contributed by atoms with E-state index in [9.17, 15) is 0 Å². The van der Waals surface area contributed by atoms with Crippen molar-refractivity contribution in [2.45, 2.75) is 25.7 Å². The molecule has 0 spiro atoms. The monoisotopic (exact) mass is 195 g/mol. The molecule has 0 saturated heterocycles. The Morgan fingerprint density at radius 2 is 2.00 bits per heavy atom. The summed E-state index contributed by atoms with van der Waals surface area (Å²) in [6.07, 6.45) is -0.125. The molecule has 0 bridgehead atoms. The van der Waals surface area contributed by atoms with Crippen LogP contribution < -0.4 is 5.73 Å². The van der Waals surface area contributed by atoms with Gasteiger partial charge in [0.05, 0.1) is 25.4 Å². The van der Waals surface area contributed by atoms with Gasteiger partial charge in [-0.3, -0.25) is 0 Å². The van der Waals surface area contributed by atoms with E-state index in [-0.39, 0.29) is 18.8 Å². The van der Waals surface area contributed by atoms with Crippen molar-refractivity contribution >= 4 is 0 Å². The van der Waals surface area contributed by atoms with Crippen LogP contribution in [0.5, 0.6) is 0 Å². The normalized spacial score (nSPS) is 15.1. The molecule has 0 aliphatic carbocycles. The fraction of sp³-hybridized carbons (Fsp3) is 0.455. The number of ether oxygens (including phenoxy) is 1. The molecule has 1 aromatic rings. The first-order valence-corrected chi connectivity index (χ1v) is 4.76. The quantitative estimate of drug-likeness (QED) is 0.734. The lowest BCUT2D eigenvalue weighted by molar-refractivity contribution is 0.0224. The molecule has 0 aliphatic rings. The lowest BCUT2D eigenvalue weighted by atomic mass is 10.2. The van der Waals surface area contributed by atoms with Crippen LogP contribution in [0.15, 0.2) is 30.3 Å². The highest BCUT2D eigenvalue weighted by Gasteiger charge is 2.11. The molecule has 1 aromatic carbocycles. The summed E-state index contributed by atoms with van der Waals surface area (Å²) in [6.45, 7) is 2.36. The topological polar surface area (TPSA) is 55.5 Å². The van der Waals surface area contributed by atoms with Gasteiger partial charge in [0.1, 0.15) is 0 Å². The van der Waals surface area contributed by atoms with Gasteiger partial charge in [0.15, 0.2) is 0 Å². The van der Waals surface area contributed by atoms with Gasteiger partial charge in [-0.2, -0.15) is 0 Å². The Morgan fingerprint density at radius 1 is 1.36 bits per heavy atom. The third kappa shape index (κ3) is 3.46. The maximum absolute atomic E-state index is 8.80. The molecule has 0 unspecified atom stereocenters. The second-order valence-corrected chi connectivity index (χ2v) is 3.35. The van der Waals surface area contributed by atoms with Crippen LogP contribution in [0.3, 0.4) is 0 Å². The summed E-state index contributed by atoms with van der Waals surface area (Å²) < 4.78 is 5.50. The van der Waals surface area contributed by atoms with Crippen LogP contribution >= 0.6 is 0 Å². The SMILES string of the molecule is C[C@@H](OCc1ccccc1)[C@@H](N)CO. The molecule has 1 rings (SSSR count). The summed E-state index contributed by atoms with van der Waals surface area (Å²) in [5, 5.41) is 8.80. The molecule has 0 saturated carbocycles. The van der Waals surface area contributed by atoms with Crippen molar-refractivity contribution in [2.75, 3.05) is 6.61 Å². The minimum atomic E-state index is -0.307. The van der Waals surface area contributed by atoms with E-state index in [2.05, 4.69) is 0 Å². The van der Waals surface area contributed by atoms with Crippen LogP contribution in [0.25, 0.3) is 0 Å². The molecule has 3 N–H and O–H groups in total. The van der Waals surface area contributed by atoms with Crippen molar-refractivity contribution in [3.63, 3.8) is 0 Å². The molecule has 0 aliphatic heterocycles. The largest absolute Gasteiger partial charge is 0.395 e. The zero-order chi connectivity index (χ0) is 10.4. The first kappa shape index (κ1) is 11.2. The third-order valence-corrected chi connectivity index (χ3v) is 2.17. The highest BCUT2D eigenvalue weighted by atomic mass is 16.5. The van der Waals surface area contributed by atoms with Crippen LogP contribution in [0.1, 0.15) is 12.5 Å². The second kappa shape index (κ2) is 5.75. The van der Waals surface area contributed by atoms with Gasteiger partial charge in [-0.1, -0.05) is 30.3 Å². The summed E-state index contributed by atoms with van der Waals surface area (Å²) in [6, 6.07) is 9.59. The minimum Gasteiger partial charge on any atom is -0.395 e. The standard InChI is InChI=1S/C11H17NO2/c1-9(11(12)7-13)14-8-10-5-3-2-4-6-10/h2-6,9,11,13H,7-8,12H2,1H3/t9-,11+/m1/s1. The molecular formula is C11H17NO2. The lowest BCUT2D eigenvalue weighted by Crippen LogP contribution is -2.37. The van der Waals surface area contributed by atoms with Gasteiger partial charge in [-0.15, -0.1) is 0 Å². The summed E-state index contributed by atoms with van der Waals surface area (Å²) in [7, 11) is 0. The van der Waals surface area contributed by atoms with Gasteiger partial charge >= 0.3 is 0 Å². The van der Waals surface area contributed by atoms with E-state index in [1.807, 2.05) is 37.3 Å². The van der Waals surface area contributed by atoms with E-state index < -0.39 is 0 Å². The average molecular weight is 195 g/mol.